The van der Waals surface area contributed by atoms with E-state index < -0.39 is 0 Å². The minimum absolute atomic E-state index is 0.0913. The number of carbonyl (C=O) groups is 1. The van der Waals surface area contributed by atoms with Crippen LogP contribution in [0.3, 0.4) is 0 Å². The summed E-state index contributed by atoms with van der Waals surface area (Å²) in [5.41, 5.74) is 2.49. The number of amides is 1. The molecule has 1 atom stereocenters. The SMILES string of the molecule is C[C@H](NC(=O)c1ccccn1)c1ccc(-n2ccnc2)cc1. The molecule has 1 amide bonds. The average Bonchev–Trinajstić information content (AvgIpc) is 3.10. The van der Waals surface area contributed by atoms with Crippen LogP contribution < -0.4 is 5.32 Å². The molecule has 22 heavy (non-hydrogen) atoms. The van der Waals surface area contributed by atoms with E-state index in [0.29, 0.717) is 5.69 Å². The first-order valence-electron chi connectivity index (χ1n) is 7.04. The van der Waals surface area contributed by atoms with Crippen LogP contribution in [0.1, 0.15) is 29.0 Å². The number of aromatic nitrogens is 3. The molecule has 0 aliphatic carbocycles. The fourth-order valence-electron chi connectivity index (χ4n) is 2.20. The van der Waals surface area contributed by atoms with E-state index in [9.17, 15) is 4.79 Å². The summed E-state index contributed by atoms with van der Waals surface area (Å²) in [6.07, 6.45) is 6.99. The Morgan fingerprint density at radius 2 is 1.95 bits per heavy atom. The highest BCUT2D eigenvalue weighted by atomic mass is 16.1. The molecule has 3 aromatic rings. The number of rotatable bonds is 4. The molecule has 5 nitrogen and oxygen atoms in total. The number of nitrogens with zero attached hydrogens (tertiary/aromatic N) is 3. The summed E-state index contributed by atoms with van der Waals surface area (Å²) in [5.74, 6) is -0.174. The second-order valence-corrected chi connectivity index (χ2v) is 4.97. The number of hydrogen-bond acceptors (Lipinski definition) is 3. The third-order valence-electron chi connectivity index (χ3n) is 3.44. The Kier molecular flexibility index (Phi) is 3.96. The van der Waals surface area contributed by atoms with Gasteiger partial charge in [-0.2, -0.15) is 0 Å². The van der Waals surface area contributed by atoms with Crippen molar-refractivity contribution in [1.29, 1.82) is 0 Å². The van der Waals surface area contributed by atoms with Crippen LogP contribution in [0, 0.1) is 0 Å². The molecule has 0 saturated heterocycles. The third kappa shape index (κ3) is 3.03. The van der Waals surface area contributed by atoms with Gasteiger partial charge in [0.2, 0.25) is 0 Å². The molecule has 2 heterocycles. The van der Waals surface area contributed by atoms with Crippen LogP contribution in [0.2, 0.25) is 0 Å². The monoisotopic (exact) mass is 292 g/mol. The van der Waals surface area contributed by atoms with E-state index in [-0.39, 0.29) is 11.9 Å². The van der Waals surface area contributed by atoms with Crippen LogP contribution >= 0.6 is 0 Å². The lowest BCUT2D eigenvalue weighted by Gasteiger charge is -2.14. The van der Waals surface area contributed by atoms with Gasteiger partial charge >= 0.3 is 0 Å². The van der Waals surface area contributed by atoms with Crippen LogP contribution in [0.15, 0.2) is 67.4 Å². The van der Waals surface area contributed by atoms with Gasteiger partial charge in [0.15, 0.2) is 0 Å². The van der Waals surface area contributed by atoms with Crippen molar-refractivity contribution in [2.45, 2.75) is 13.0 Å². The van der Waals surface area contributed by atoms with Crippen molar-refractivity contribution in [3.63, 3.8) is 0 Å². The zero-order chi connectivity index (χ0) is 15.4. The number of imidazole rings is 1. The summed E-state index contributed by atoms with van der Waals surface area (Å²) >= 11 is 0. The van der Waals surface area contributed by atoms with Crippen molar-refractivity contribution in [2.75, 3.05) is 0 Å². The third-order valence-corrected chi connectivity index (χ3v) is 3.44. The first kappa shape index (κ1) is 14.0. The topological polar surface area (TPSA) is 59.8 Å². The Hall–Kier alpha value is -2.95. The Labute approximate surface area is 128 Å². The maximum atomic E-state index is 12.1. The number of carbonyl (C=O) groups excluding carboxylic acids is 1. The van der Waals surface area contributed by atoms with Crippen LogP contribution in [-0.2, 0) is 0 Å². The molecule has 0 spiro atoms. The number of pyridine rings is 1. The Bertz CT molecular complexity index is 736. The molecular formula is C17H16N4O. The summed E-state index contributed by atoms with van der Waals surface area (Å²) < 4.78 is 1.93. The van der Waals surface area contributed by atoms with Gasteiger partial charge in [-0.05, 0) is 36.8 Å². The van der Waals surface area contributed by atoms with Crippen LogP contribution in [-0.4, -0.2) is 20.4 Å². The first-order valence-corrected chi connectivity index (χ1v) is 7.04. The highest BCUT2D eigenvalue weighted by molar-refractivity contribution is 5.92. The van der Waals surface area contributed by atoms with Crippen molar-refractivity contribution < 1.29 is 4.79 Å². The Morgan fingerprint density at radius 3 is 2.59 bits per heavy atom. The van der Waals surface area contributed by atoms with Crippen LogP contribution in [0.25, 0.3) is 5.69 Å². The van der Waals surface area contributed by atoms with Gasteiger partial charge in [-0.15, -0.1) is 0 Å². The van der Waals surface area contributed by atoms with Crippen molar-refractivity contribution in [2.24, 2.45) is 0 Å². The predicted molar refractivity (Wildman–Crippen MR) is 83.7 cm³/mol. The molecule has 3 rings (SSSR count). The highest BCUT2D eigenvalue weighted by Crippen LogP contribution is 2.16. The molecule has 0 saturated carbocycles. The lowest BCUT2D eigenvalue weighted by Crippen LogP contribution is -2.27. The van der Waals surface area contributed by atoms with E-state index in [1.165, 1.54) is 0 Å². The predicted octanol–water partition coefficient (Wildman–Crippen LogP) is 2.76. The smallest absolute Gasteiger partial charge is 0.270 e. The quantitative estimate of drug-likeness (QED) is 0.804. The Morgan fingerprint density at radius 1 is 1.14 bits per heavy atom. The molecule has 0 bridgehead atoms. The lowest BCUT2D eigenvalue weighted by molar-refractivity contribution is 0.0935. The number of hydrogen-bond donors (Lipinski definition) is 1. The molecule has 1 N–H and O–H groups in total. The molecule has 110 valence electrons. The van der Waals surface area contributed by atoms with Crippen molar-refractivity contribution >= 4 is 5.91 Å². The standard InChI is InChI=1S/C17H16N4O/c1-13(20-17(22)16-4-2-3-9-19-16)14-5-7-15(8-6-14)21-11-10-18-12-21/h2-13H,1H3,(H,20,22)/t13-/m0/s1. The lowest BCUT2D eigenvalue weighted by atomic mass is 10.1. The summed E-state index contributed by atoms with van der Waals surface area (Å²) in [6.45, 7) is 1.95. The largest absolute Gasteiger partial charge is 0.344 e. The summed E-state index contributed by atoms with van der Waals surface area (Å²) in [5, 5.41) is 2.95. The fourth-order valence-corrected chi connectivity index (χ4v) is 2.20. The fraction of sp³-hybridized carbons (Fsp3) is 0.118. The van der Waals surface area contributed by atoms with Gasteiger partial charge in [-0.1, -0.05) is 18.2 Å². The highest BCUT2D eigenvalue weighted by Gasteiger charge is 2.12. The maximum Gasteiger partial charge on any atom is 0.270 e. The minimum Gasteiger partial charge on any atom is -0.344 e. The van der Waals surface area contributed by atoms with Crippen molar-refractivity contribution in [3.8, 4) is 5.69 Å². The molecule has 0 radical (unpaired) electrons. The normalized spacial score (nSPS) is 11.9. The van der Waals surface area contributed by atoms with Gasteiger partial charge in [-0.3, -0.25) is 9.78 Å². The van der Waals surface area contributed by atoms with E-state index in [0.717, 1.165) is 11.3 Å². The van der Waals surface area contributed by atoms with E-state index in [2.05, 4.69) is 15.3 Å². The summed E-state index contributed by atoms with van der Waals surface area (Å²) in [6, 6.07) is 13.2. The molecule has 0 unspecified atom stereocenters. The number of benzene rings is 1. The minimum atomic E-state index is -0.174. The van der Waals surface area contributed by atoms with Gasteiger partial charge in [0, 0.05) is 24.3 Å². The maximum absolute atomic E-state index is 12.1. The zero-order valence-corrected chi connectivity index (χ0v) is 12.2. The van der Waals surface area contributed by atoms with Gasteiger partial charge in [0.25, 0.3) is 5.91 Å². The summed E-state index contributed by atoms with van der Waals surface area (Å²) in [4.78, 5) is 20.2. The average molecular weight is 292 g/mol. The first-order chi connectivity index (χ1) is 10.7. The van der Waals surface area contributed by atoms with E-state index in [1.807, 2.05) is 42.0 Å². The van der Waals surface area contributed by atoms with Crippen molar-refractivity contribution in [1.82, 2.24) is 19.9 Å². The molecule has 1 aromatic carbocycles. The number of nitrogens with one attached hydrogen (secondary N) is 1. The van der Waals surface area contributed by atoms with Crippen molar-refractivity contribution in [3.05, 3.63) is 78.6 Å². The Balaban J connectivity index is 1.70. The van der Waals surface area contributed by atoms with E-state index in [4.69, 9.17) is 0 Å². The molecule has 0 fully saturated rings. The molecule has 0 aliphatic heterocycles. The van der Waals surface area contributed by atoms with Gasteiger partial charge in [-0.25, -0.2) is 4.98 Å². The van der Waals surface area contributed by atoms with E-state index in [1.54, 1.807) is 36.9 Å². The molecule has 0 aliphatic rings. The van der Waals surface area contributed by atoms with Gasteiger partial charge in [0.1, 0.15) is 5.69 Å². The van der Waals surface area contributed by atoms with Crippen LogP contribution in [0.4, 0.5) is 0 Å². The van der Waals surface area contributed by atoms with Gasteiger partial charge in [0.05, 0.1) is 12.4 Å². The molecular weight excluding hydrogens is 276 g/mol. The summed E-state index contributed by atoms with van der Waals surface area (Å²) in [7, 11) is 0. The molecule has 5 heteroatoms. The second kappa shape index (κ2) is 6.22. The van der Waals surface area contributed by atoms with Gasteiger partial charge < -0.3 is 9.88 Å². The second-order valence-electron chi connectivity index (χ2n) is 4.97. The molecule has 2 aromatic heterocycles. The van der Waals surface area contributed by atoms with Crippen LogP contribution in [0.5, 0.6) is 0 Å². The zero-order valence-electron chi connectivity index (χ0n) is 12.2. The van der Waals surface area contributed by atoms with E-state index >= 15 is 0 Å².